The van der Waals surface area contributed by atoms with Crippen molar-refractivity contribution < 1.29 is 9.53 Å². The molecule has 0 spiro atoms. The molecule has 3 rings (SSSR count). The molecule has 0 radical (unpaired) electrons. The first-order chi connectivity index (χ1) is 12.8. The van der Waals surface area contributed by atoms with Gasteiger partial charge in [-0.15, -0.1) is 0 Å². The molecule has 1 unspecified atom stereocenters. The van der Waals surface area contributed by atoms with Gasteiger partial charge in [-0.05, 0) is 55.8 Å². The Morgan fingerprint density at radius 3 is 2.46 bits per heavy atom. The van der Waals surface area contributed by atoms with Crippen molar-refractivity contribution in [3.05, 3.63) is 78.4 Å². The summed E-state index contributed by atoms with van der Waals surface area (Å²) in [5, 5.41) is 3.10. The van der Waals surface area contributed by atoms with E-state index in [1.807, 2.05) is 18.2 Å². The van der Waals surface area contributed by atoms with Gasteiger partial charge < -0.3 is 10.1 Å². The SMILES string of the molecule is C=CCOc1ccc(C(=O)NCC(c2ccccc2)N2CCCC2)cc1. The summed E-state index contributed by atoms with van der Waals surface area (Å²) >= 11 is 0. The topological polar surface area (TPSA) is 41.6 Å². The van der Waals surface area contributed by atoms with E-state index in [-0.39, 0.29) is 11.9 Å². The quantitative estimate of drug-likeness (QED) is 0.736. The number of benzene rings is 2. The van der Waals surface area contributed by atoms with Crippen molar-refractivity contribution in [3.63, 3.8) is 0 Å². The Balaban J connectivity index is 1.62. The van der Waals surface area contributed by atoms with Crippen LogP contribution in [0.1, 0.15) is 34.8 Å². The number of ether oxygens (including phenoxy) is 1. The van der Waals surface area contributed by atoms with E-state index in [2.05, 4.69) is 41.1 Å². The predicted octanol–water partition coefficient (Wildman–Crippen LogP) is 3.82. The highest BCUT2D eigenvalue weighted by molar-refractivity contribution is 5.94. The van der Waals surface area contributed by atoms with Crippen LogP contribution >= 0.6 is 0 Å². The molecule has 0 bridgehead atoms. The summed E-state index contributed by atoms with van der Waals surface area (Å²) in [6.45, 7) is 6.87. The minimum absolute atomic E-state index is 0.0552. The maximum absolute atomic E-state index is 12.5. The van der Waals surface area contributed by atoms with Crippen LogP contribution in [0.3, 0.4) is 0 Å². The fourth-order valence-corrected chi connectivity index (χ4v) is 3.34. The number of amides is 1. The molecule has 0 saturated carbocycles. The molecule has 2 aromatic rings. The number of likely N-dealkylation sites (tertiary alicyclic amines) is 1. The van der Waals surface area contributed by atoms with Crippen LogP contribution in [0.4, 0.5) is 0 Å². The third kappa shape index (κ3) is 4.73. The fourth-order valence-electron chi connectivity index (χ4n) is 3.34. The standard InChI is InChI=1S/C22H26N2O2/c1-2-16-26-20-12-10-19(11-13-20)22(25)23-17-21(24-14-6-7-15-24)18-8-4-3-5-9-18/h2-5,8-13,21H,1,6-7,14-17H2,(H,23,25). The zero-order chi connectivity index (χ0) is 18.2. The second kappa shape index (κ2) is 9.20. The smallest absolute Gasteiger partial charge is 0.251 e. The van der Waals surface area contributed by atoms with Crippen molar-refractivity contribution in [1.82, 2.24) is 10.2 Å². The zero-order valence-electron chi connectivity index (χ0n) is 15.1. The van der Waals surface area contributed by atoms with Crippen LogP contribution in [0.2, 0.25) is 0 Å². The molecule has 1 fully saturated rings. The molecule has 1 saturated heterocycles. The molecule has 1 aliphatic rings. The van der Waals surface area contributed by atoms with Crippen molar-refractivity contribution >= 4 is 5.91 Å². The Morgan fingerprint density at radius 1 is 1.12 bits per heavy atom. The predicted molar refractivity (Wildman–Crippen MR) is 104 cm³/mol. The lowest BCUT2D eigenvalue weighted by Crippen LogP contribution is -2.36. The van der Waals surface area contributed by atoms with Gasteiger partial charge in [-0.3, -0.25) is 9.69 Å². The Kier molecular flexibility index (Phi) is 6.45. The molecule has 0 aromatic heterocycles. The van der Waals surface area contributed by atoms with Crippen LogP contribution in [-0.2, 0) is 0 Å². The summed E-state index contributed by atoms with van der Waals surface area (Å²) in [6, 6.07) is 17.9. The molecule has 136 valence electrons. The number of carbonyl (C=O) groups is 1. The van der Waals surface area contributed by atoms with Gasteiger partial charge in [-0.1, -0.05) is 43.0 Å². The third-order valence-electron chi connectivity index (χ3n) is 4.71. The molecule has 26 heavy (non-hydrogen) atoms. The number of nitrogens with zero attached hydrogens (tertiary/aromatic N) is 1. The summed E-state index contributed by atoms with van der Waals surface area (Å²) < 4.78 is 5.46. The van der Waals surface area contributed by atoms with Gasteiger partial charge in [-0.2, -0.15) is 0 Å². The first kappa shape index (κ1) is 18.2. The van der Waals surface area contributed by atoms with Crippen LogP contribution in [-0.4, -0.2) is 37.0 Å². The minimum Gasteiger partial charge on any atom is -0.490 e. The van der Waals surface area contributed by atoms with E-state index in [4.69, 9.17) is 4.74 Å². The van der Waals surface area contributed by atoms with Gasteiger partial charge in [-0.25, -0.2) is 0 Å². The second-order valence-corrected chi connectivity index (χ2v) is 6.50. The van der Waals surface area contributed by atoms with Crippen LogP contribution in [0.25, 0.3) is 0 Å². The molecule has 1 N–H and O–H groups in total. The van der Waals surface area contributed by atoms with Gasteiger partial charge in [0, 0.05) is 12.1 Å². The summed E-state index contributed by atoms with van der Waals surface area (Å²) in [4.78, 5) is 15.0. The summed E-state index contributed by atoms with van der Waals surface area (Å²) in [6.07, 6.45) is 4.15. The Bertz CT molecular complexity index is 707. The minimum atomic E-state index is -0.0552. The number of rotatable bonds is 8. The van der Waals surface area contributed by atoms with Gasteiger partial charge >= 0.3 is 0 Å². The average molecular weight is 350 g/mol. The summed E-state index contributed by atoms with van der Waals surface area (Å²) in [5.41, 5.74) is 1.90. The van der Waals surface area contributed by atoms with Crippen molar-refractivity contribution in [2.24, 2.45) is 0 Å². The van der Waals surface area contributed by atoms with Crippen molar-refractivity contribution in [1.29, 1.82) is 0 Å². The van der Waals surface area contributed by atoms with Crippen LogP contribution in [0.15, 0.2) is 67.3 Å². The largest absolute Gasteiger partial charge is 0.490 e. The lowest BCUT2D eigenvalue weighted by molar-refractivity contribution is 0.0938. The third-order valence-corrected chi connectivity index (χ3v) is 4.71. The number of carbonyl (C=O) groups excluding carboxylic acids is 1. The second-order valence-electron chi connectivity index (χ2n) is 6.50. The van der Waals surface area contributed by atoms with Crippen LogP contribution in [0, 0.1) is 0 Å². The lowest BCUT2D eigenvalue weighted by atomic mass is 10.1. The molecule has 4 heteroatoms. The molecule has 2 aromatic carbocycles. The highest BCUT2D eigenvalue weighted by atomic mass is 16.5. The van der Waals surface area contributed by atoms with E-state index < -0.39 is 0 Å². The van der Waals surface area contributed by atoms with E-state index >= 15 is 0 Å². The van der Waals surface area contributed by atoms with Gasteiger partial charge in [0.2, 0.25) is 0 Å². The Morgan fingerprint density at radius 2 is 1.81 bits per heavy atom. The van der Waals surface area contributed by atoms with Crippen LogP contribution < -0.4 is 10.1 Å². The number of hydrogen-bond acceptors (Lipinski definition) is 3. The van der Waals surface area contributed by atoms with Gasteiger partial charge in [0.1, 0.15) is 12.4 Å². The Hall–Kier alpha value is -2.59. The average Bonchev–Trinajstić information content (AvgIpc) is 3.22. The molecular weight excluding hydrogens is 324 g/mol. The van der Waals surface area contributed by atoms with E-state index in [1.54, 1.807) is 18.2 Å². The van der Waals surface area contributed by atoms with E-state index in [0.717, 1.165) is 18.8 Å². The Labute approximate surface area is 155 Å². The van der Waals surface area contributed by atoms with Crippen molar-refractivity contribution in [2.75, 3.05) is 26.2 Å². The summed E-state index contributed by atoms with van der Waals surface area (Å²) in [7, 11) is 0. The molecule has 0 aliphatic carbocycles. The van der Waals surface area contributed by atoms with Crippen LogP contribution in [0.5, 0.6) is 5.75 Å². The first-order valence-electron chi connectivity index (χ1n) is 9.19. The fraction of sp³-hybridized carbons (Fsp3) is 0.318. The molecular formula is C22H26N2O2. The van der Waals surface area contributed by atoms with Crippen molar-refractivity contribution in [2.45, 2.75) is 18.9 Å². The van der Waals surface area contributed by atoms with Crippen molar-refractivity contribution in [3.8, 4) is 5.75 Å². The van der Waals surface area contributed by atoms with Gasteiger partial charge in [0.15, 0.2) is 0 Å². The van der Waals surface area contributed by atoms with Gasteiger partial charge in [0.25, 0.3) is 5.91 Å². The van der Waals surface area contributed by atoms with Gasteiger partial charge in [0.05, 0.1) is 6.04 Å². The highest BCUT2D eigenvalue weighted by Crippen LogP contribution is 2.24. The lowest BCUT2D eigenvalue weighted by Gasteiger charge is -2.28. The molecule has 1 heterocycles. The normalized spacial score (nSPS) is 15.4. The first-order valence-corrected chi connectivity index (χ1v) is 9.19. The molecule has 1 aliphatic heterocycles. The zero-order valence-corrected chi connectivity index (χ0v) is 15.1. The van der Waals surface area contributed by atoms with E-state index in [9.17, 15) is 4.79 Å². The monoisotopic (exact) mass is 350 g/mol. The van der Waals surface area contributed by atoms with E-state index in [1.165, 1.54) is 18.4 Å². The highest BCUT2D eigenvalue weighted by Gasteiger charge is 2.23. The maximum Gasteiger partial charge on any atom is 0.251 e. The molecule has 1 atom stereocenters. The summed E-state index contributed by atoms with van der Waals surface area (Å²) in [5.74, 6) is 0.682. The number of nitrogens with one attached hydrogen (secondary N) is 1. The van der Waals surface area contributed by atoms with E-state index in [0.29, 0.717) is 18.7 Å². The molecule has 4 nitrogen and oxygen atoms in total. The molecule has 1 amide bonds. The maximum atomic E-state index is 12.5. The number of hydrogen-bond donors (Lipinski definition) is 1.